The van der Waals surface area contributed by atoms with Crippen molar-refractivity contribution in [1.29, 1.82) is 0 Å². The summed E-state index contributed by atoms with van der Waals surface area (Å²) in [4.78, 5) is 7.97. The van der Waals surface area contributed by atoms with E-state index in [9.17, 15) is 13.2 Å². The molecule has 0 spiro atoms. The van der Waals surface area contributed by atoms with E-state index >= 15 is 0 Å². The van der Waals surface area contributed by atoms with E-state index in [-0.39, 0.29) is 19.5 Å². The van der Waals surface area contributed by atoms with Crippen LogP contribution in [0.5, 0.6) is 0 Å². The fourth-order valence-corrected chi connectivity index (χ4v) is 2.04. The number of fused-ring (bicyclic) bond motifs is 1. The van der Waals surface area contributed by atoms with Gasteiger partial charge in [-0.2, -0.15) is 18.2 Å². The highest BCUT2D eigenvalue weighted by Gasteiger charge is 2.41. The second-order valence-corrected chi connectivity index (χ2v) is 4.07. The number of thiazole rings is 1. The third kappa shape index (κ3) is 1.75. The van der Waals surface area contributed by atoms with E-state index < -0.39 is 12.0 Å². The van der Waals surface area contributed by atoms with Crippen LogP contribution in [0.25, 0.3) is 0 Å². The van der Waals surface area contributed by atoms with Crippen molar-refractivity contribution in [3.8, 4) is 0 Å². The molecule has 0 saturated carbocycles. The van der Waals surface area contributed by atoms with Crippen LogP contribution < -0.4 is 5.32 Å². The fraction of sp³-hybridized carbons (Fsp3) is 0.375. The second kappa shape index (κ2) is 3.69. The van der Waals surface area contributed by atoms with Crippen molar-refractivity contribution in [3.63, 3.8) is 0 Å². The Balaban J connectivity index is 0.00000108. The lowest BCUT2D eigenvalue weighted by molar-refractivity contribution is -0.144. The molecule has 3 heterocycles. The minimum atomic E-state index is -4.51. The Morgan fingerprint density at radius 2 is 2.18 bits per heavy atom. The molecule has 1 unspecified atom stereocenters. The zero-order valence-electron chi connectivity index (χ0n) is 7.56. The Bertz CT molecular complexity index is 518. The third-order valence-corrected chi connectivity index (χ3v) is 2.94. The first kappa shape index (κ1) is 11.8. The van der Waals surface area contributed by atoms with Gasteiger partial charge in [0.05, 0.1) is 10.4 Å². The summed E-state index contributed by atoms with van der Waals surface area (Å²) in [5, 5.41) is 6.18. The highest BCUT2D eigenvalue weighted by atomic mass is 32.1. The first-order chi connectivity index (χ1) is 7.55. The van der Waals surface area contributed by atoms with Gasteiger partial charge >= 0.3 is 6.18 Å². The molecule has 9 heteroatoms. The molecule has 1 N–H and O–H groups in total. The molecule has 92 valence electrons. The van der Waals surface area contributed by atoms with E-state index in [2.05, 4.69) is 20.4 Å². The standard InChI is InChI=1S/C7H4F3N5S.CH4/c8-7(9,10)5-13-6-12-4(15(6)14-5)3-1-11-2-16-3;/h1-2,4H,(H,12,13,14);1H4. The molecule has 17 heavy (non-hydrogen) atoms. The predicted octanol–water partition coefficient (Wildman–Crippen LogP) is 2.36. The SMILES string of the molecule is C.FC(F)(F)c1nc2n(n1)C(c1cncs1)N2. The molecule has 0 aromatic carbocycles. The molecule has 0 radical (unpaired) electrons. The average molecular weight is 263 g/mol. The van der Waals surface area contributed by atoms with Gasteiger partial charge in [0.1, 0.15) is 0 Å². The van der Waals surface area contributed by atoms with E-state index in [0.29, 0.717) is 0 Å². The molecule has 2 aromatic rings. The first-order valence-electron chi connectivity index (χ1n) is 4.24. The molecule has 1 atom stereocenters. The van der Waals surface area contributed by atoms with Crippen molar-refractivity contribution in [1.82, 2.24) is 19.7 Å². The van der Waals surface area contributed by atoms with Crippen molar-refractivity contribution in [2.24, 2.45) is 0 Å². The minimum Gasteiger partial charge on any atom is -0.328 e. The van der Waals surface area contributed by atoms with E-state index in [0.717, 1.165) is 4.88 Å². The van der Waals surface area contributed by atoms with Gasteiger partial charge in [0.25, 0.3) is 5.82 Å². The summed E-state index contributed by atoms with van der Waals surface area (Å²) >= 11 is 1.34. The number of nitrogens with one attached hydrogen (secondary N) is 1. The molecule has 0 bridgehead atoms. The van der Waals surface area contributed by atoms with Crippen LogP contribution in [0.2, 0.25) is 0 Å². The molecular formula is C8H8F3N5S. The maximum absolute atomic E-state index is 12.3. The van der Waals surface area contributed by atoms with Gasteiger partial charge in [-0.05, 0) is 0 Å². The summed E-state index contributed by atoms with van der Waals surface area (Å²) in [5.74, 6) is -0.993. The van der Waals surface area contributed by atoms with Crippen molar-refractivity contribution < 1.29 is 13.2 Å². The summed E-state index contributed by atoms with van der Waals surface area (Å²) in [6.07, 6.45) is -3.31. The molecule has 0 fully saturated rings. The zero-order valence-corrected chi connectivity index (χ0v) is 8.38. The van der Waals surface area contributed by atoms with Crippen LogP contribution in [-0.2, 0) is 6.18 Å². The number of halogens is 3. The van der Waals surface area contributed by atoms with Crippen LogP contribution in [0, 0.1) is 0 Å². The van der Waals surface area contributed by atoms with Gasteiger partial charge in [-0.25, -0.2) is 4.68 Å². The number of anilines is 1. The van der Waals surface area contributed by atoms with Crippen LogP contribution in [-0.4, -0.2) is 19.7 Å². The number of rotatable bonds is 1. The van der Waals surface area contributed by atoms with Gasteiger partial charge in [-0.1, -0.05) is 7.43 Å². The largest absolute Gasteiger partial charge is 0.453 e. The van der Waals surface area contributed by atoms with E-state index in [1.54, 1.807) is 11.7 Å². The fourth-order valence-electron chi connectivity index (χ4n) is 1.39. The maximum Gasteiger partial charge on any atom is 0.453 e. The Hall–Kier alpha value is -1.64. The molecule has 1 aliphatic heterocycles. The Morgan fingerprint density at radius 3 is 2.76 bits per heavy atom. The van der Waals surface area contributed by atoms with Crippen LogP contribution >= 0.6 is 11.3 Å². The monoisotopic (exact) mass is 263 g/mol. The van der Waals surface area contributed by atoms with Crippen molar-refractivity contribution in [2.45, 2.75) is 19.8 Å². The van der Waals surface area contributed by atoms with E-state index in [1.807, 2.05) is 0 Å². The summed E-state index contributed by atoms with van der Waals surface area (Å²) < 4.78 is 38.1. The zero-order chi connectivity index (χ0) is 11.3. The van der Waals surface area contributed by atoms with Crippen LogP contribution in [0.15, 0.2) is 11.7 Å². The lowest BCUT2D eigenvalue weighted by atomic mass is 10.3. The molecule has 5 nitrogen and oxygen atoms in total. The van der Waals surface area contributed by atoms with Gasteiger partial charge in [0, 0.05) is 6.20 Å². The highest BCUT2D eigenvalue weighted by Crippen LogP contribution is 2.36. The molecule has 3 rings (SSSR count). The minimum absolute atomic E-state index is 0. The van der Waals surface area contributed by atoms with Gasteiger partial charge in [0.15, 0.2) is 6.17 Å². The number of nitrogens with zero attached hydrogens (tertiary/aromatic N) is 4. The van der Waals surface area contributed by atoms with Crippen LogP contribution in [0.3, 0.4) is 0 Å². The molecule has 0 aliphatic carbocycles. The van der Waals surface area contributed by atoms with Crippen molar-refractivity contribution >= 4 is 17.3 Å². The van der Waals surface area contributed by atoms with Crippen LogP contribution in [0.4, 0.5) is 19.1 Å². The van der Waals surface area contributed by atoms with Gasteiger partial charge < -0.3 is 5.32 Å². The van der Waals surface area contributed by atoms with E-state index in [4.69, 9.17) is 0 Å². The molecular weight excluding hydrogens is 255 g/mol. The first-order valence-corrected chi connectivity index (χ1v) is 5.12. The smallest absolute Gasteiger partial charge is 0.328 e. The summed E-state index contributed by atoms with van der Waals surface area (Å²) in [6.45, 7) is 0. The maximum atomic E-state index is 12.3. The molecule has 0 saturated heterocycles. The third-order valence-electron chi connectivity index (χ3n) is 2.12. The van der Waals surface area contributed by atoms with Crippen molar-refractivity contribution in [3.05, 3.63) is 22.4 Å². The van der Waals surface area contributed by atoms with E-state index in [1.165, 1.54) is 16.0 Å². The Morgan fingerprint density at radius 1 is 1.41 bits per heavy atom. The Kier molecular flexibility index (Phi) is 2.57. The number of hydrogen-bond acceptors (Lipinski definition) is 5. The quantitative estimate of drug-likeness (QED) is 0.858. The van der Waals surface area contributed by atoms with Crippen LogP contribution in [0.1, 0.15) is 24.3 Å². The number of alkyl halides is 3. The molecule has 1 aliphatic rings. The second-order valence-electron chi connectivity index (χ2n) is 3.15. The van der Waals surface area contributed by atoms with Gasteiger partial charge in [0.2, 0.25) is 5.95 Å². The lowest BCUT2D eigenvalue weighted by Crippen LogP contribution is -2.31. The number of aromatic nitrogens is 4. The van der Waals surface area contributed by atoms with Gasteiger partial charge in [-0.15, -0.1) is 16.4 Å². The average Bonchev–Trinajstić information content (AvgIpc) is 2.75. The Labute approximate surface area is 98.3 Å². The summed E-state index contributed by atoms with van der Waals surface area (Å²) in [6, 6.07) is 0. The molecule has 2 aromatic heterocycles. The predicted molar refractivity (Wildman–Crippen MR) is 55.6 cm³/mol. The van der Waals surface area contributed by atoms with Crippen molar-refractivity contribution in [2.75, 3.05) is 5.32 Å². The normalized spacial score (nSPS) is 17.7. The lowest BCUT2D eigenvalue weighted by Gasteiger charge is -2.27. The number of hydrogen-bond donors (Lipinski definition) is 1. The summed E-state index contributed by atoms with van der Waals surface area (Å²) in [7, 11) is 0. The highest BCUT2D eigenvalue weighted by molar-refractivity contribution is 7.09. The molecule has 0 amide bonds. The van der Waals surface area contributed by atoms with Gasteiger partial charge in [-0.3, -0.25) is 4.98 Å². The summed E-state index contributed by atoms with van der Waals surface area (Å²) in [5.41, 5.74) is 1.61. The topological polar surface area (TPSA) is 55.6 Å².